The number of carbonyl (C=O) groups excluding carboxylic acids is 2. The van der Waals surface area contributed by atoms with Gasteiger partial charge >= 0.3 is 12.1 Å². The monoisotopic (exact) mass is 517 g/mol. The fourth-order valence-electron chi connectivity index (χ4n) is 3.84. The number of benzene rings is 2. The molecule has 0 bridgehead atoms. The van der Waals surface area contributed by atoms with Crippen molar-refractivity contribution in [3.05, 3.63) is 75.8 Å². The number of amides is 1. The van der Waals surface area contributed by atoms with Gasteiger partial charge in [-0.25, -0.2) is 0 Å². The number of halogens is 3. The smallest absolute Gasteiger partial charge is 0.445 e. The van der Waals surface area contributed by atoms with Gasteiger partial charge in [-0.1, -0.05) is 56.4 Å². The van der Waals surface area contributed by atoms with Crippen molar-refractivity contribution in [3.8, 4) is 5.75 Å². The summed E-state index contributed by atoms with van der Waals surface area (Å²) in [5.74, 6) is -2.12. The Labute approximate surface area is 208 Å². The number of carbonyl (C=O) groups is 2. The van der Waals surface area contributed by atoms with E-state index in [1.807, 2.05) is 32.9 Å². The van der Waals surface area contributed by atoms with Crippen molar-refractivity contribution in [3.63, 3.8) is 0 Å². The van der Waals surface area contributed by atoms with Gasteiger partial charge in [0.1, 0.15) is 11.5 Å². The molecular formula is C25H22F3N3O4S. The molecule has 0 spiro atoms. The van der Waals surface area contributed by atoms with Crippen molar-refractivity contribution >= 4 is 33.9 Å². The summed E-state index contributed by atoms with van der Waals surface area (Å²) in [4.78, 5) is 27.1. The summed E-state index contributed by atoms with van der Waals surface area (Å²) in [6, 6.07) is 11.9. The first-order valence-corrected chi connectivity index (χ1v) is 11.6. The molecule has 0 radical (unpaired) electrons. The number of aliphatic hydroxyl groups excluding tert-OH is 1. The number of methoxy groups -OCH3 is 1. The highest BCUT2D eigenvalue weighted by Crippen LogP contribution is 2.45. The van der Waals surface area contributed by atoms with Gasteiger partial charge in [-0.05, 0) is 40.8 Å². The number of ether oxygens (including phenoxy) is 1. The first-order valence-electron chi connectivity index (χ1n) is 10.8. The van der Waals surface area contributed by atoms with E-state index >= 15 is 0 Å². The Morgan fingerprint density at radius 2 is 1.61 bits per heavy atom. The third-order valence-electron chi connectivity index (χ3n) is 5.76. The minimum Gasteiger partial charge on any atom is -0.507 e. The molecule has 1 amide bonds. The number of alkyl halides is 3. The van der Waals surface area contributed by atoms with Crippen molar-refractivity contribution in [1.29, 1.82) is 0 Å². The highest BCUT2D eigenvalue weighted by molar-refractivity contribution is 7.15. The zero-order valence-corrected chi connectivity index (χ0v) is 20.6. The van der Waals surface area contributed by atoms with E-state index in [1.165, 1.54) is 19.2 Å². The minimum absolute atomic E-state index is 0.148. The van der Waals surface area contributed by atoms with Crippen LogP contribution in [0.15, 0.2) is 54.1 Å². The molecule has 2 aromatic carbocycles. The summed E-state index contributed by atoms with van der Waals surface area (Å²) in [7, 11) is 1.47. The van der Waals surface area contributed by atoms with E-state index in [1.54, 1.807) is 24.3 Å². The number of Topliss-reactive ketones (excluding diaryl/α,β-unsaturated/α-hetero) is 1. The van der Waals surface area contributed by atoms with Crippen LogP contribution in [0.4, 0.5) is 18.3 Å². The minimum atomic E-state index is -4.77. The maximum atomic E-state index is 13.2. The van der Waals surface area contributed by atoms with Gasteiger partial charge in [-0.15, -0.1) is 10.2 Å². The predicted molar refractivity (Wildman–Crippen MR) is 128 cm³/mol. The highest BCUT2D eigenvalue weighted by Gasteiger charge is 2.49. The van der Waals surface area contributed by atoms with E-state index in [2.05, 4.69) is 10.2 Å². The van der Waals surface area contributed by atoms with E-state index < -0.39 is 39.8 Å². The maximum absolute atomic E-state index is 13.2. The van der Waals surface area contributed by atoms with Crippen LogP contribution >= 0.6 is 11.3 Å². The first-order chi connectivity index (χ1) is 16.8. The summed E-state index contributed by atoms with van der Waals surface area (Å²) >= 11 is 0.148. The van der Waals surface area contributed by atoms with E-state index in [0.717, 1.165) is 10.5 Å². The zero-order chi connectivity index (χ0) is 26.4. The number of aromatic nitrogens is 2. The van der Waals surface area contributed by atoms with Crippen LogP contribution in [0.5, 0.6) is 5.75 Å². The molecule has 1 atom stereocenters. The number of ketones is 1. The number of rotatable bonds is 4. The average Bonchev–Trinajstić information content (AvgIpc) is 3.42. The van der Waals surface area contributed by atoms with Gasteiger partial charge in [0.05, 0.1) is 18.7 Å². The second-order valence-electron chi connectivity index (χ2n) is 9.16. The molecule has 1 aliphatic heterocycles. The highest BCUT2D eigenvalue weighted by atomic mass is 32.1. The fraction of sp³-hybridized carbons (Fsp3) is 0.280. The molecule has 0 aliphatic carbocycles. The van der Waals surface area contributed by atoms with Gasteiger partial charge in [0.15, 0.2) is 0 Å². The lowest BCUT2D eigenvalue weighted by atomic mass is 9.85. The average molecular weight is 518 g/mol. The van der Waals surface area contributed by atoms with Crippen molar-refractivity contribution in [2.45, 2.75) is 38.4 Å². The van der Waals surface area contributed by atoms with Crippen molar-refractivity contribution in [2.75, 3.05) is 12.0 Å². The lowest BCUT2D eigenvalue weighted by Gasteiger charge is -2.24. The molecule has 11 heteroatoms. The summed E-state index contributed by atoms with van der Waals surface area (Å²) < 4.78 is 44.7. The number of hydrogen-bond donors (Lipinski definition) is 1. The van der Waals surface area contributed by atoms with Gasteiger partial charge in [0.2, 0.25) is 10.1 Å². The molecule has 4 rings (SSSR count). The molecule has 1 N–H and O–H groups in total. The van der Waals surface area contributed by atoms with Crippen LogP contribution in [-0.4, -0.2) is 34.1 Å². The molecule has 1 saturated heterocycles. The summed E-state index contributed by atoms with van der Waals surface area (Å²) in [5, 5.41) is 16.2. The van der Waals surface area contributed by atoms with Gasteiger partial charge < -0.3 is 9.84 Å². The van der Waals surface area contributed by atoms with E-state index in [0.29, 0.717) is 11.3 Å². The molecule has 36 heavy (non-hydrogen) atoms. The van der Waals surface area contributed by atoms with Crippen LogP contribution in [0, 0.1) is 0 Å². The number of aliphatic hydroxyl groups is 1. The summed E-state index contributed by atoms with van der Waals surface area (Å²) in [6.45, 7) is 6.03. The second kappa shape index (κ2) is 9.05. The lowest BCUT2D eigenvalue weighted by Crippen LogP contribution is -2.29. The second-order valence-corrected chi connectivity index (χ2v) is 10.1. The largest absolute Gasteiger partial charge is 0.507 e. The van der Waals surface area contributed by atoms with Crippen molar-refractivity contribution < 1.29 is 32.6 Å². The molecule has 7 nitrogen and oxygen atoms in total. The Morgan fingerprint density at radius 3 is 2.11 bits per heavy atom. The number of hydrogen-bond acceptors (Lipinski definition) is 7. The molecule has 1 unspecified atom stereocenters. The summed E-state index contributed by atoms with van der Waals surface area (Å²) in [6.07, 6.45) is -4.77. The third-order valence-corrected chi connectivity index (χ3v) is 6.73. The lowest BCUT2D eigenvalue weighted by molar-refractivity contribution is -0.138. The van der Waals surface area contributed by atoms with Crippen LogP contribution in [0.1, 0.15) is 48.5 Å². The first kappa shape index (κ1) is 25.4. The van der Waals surface area contributed by atoms with Gasteiger partial charge in [0, 0.05) is 5.56 Å². The Bertz CT molecular complexity index is 1340. The van der Waals surface area contributed by atoms with Crippen LogP contribution < -0.4 is 9.64 Å². The van der Waals surface area contributed by atoms with Crippen LogP contribution in [0.25, 0.3) is 5.76 Å². The maximum Gasteiger partial charge on any atom is 0.445 e. The van der Waals surface area contributed by atoms with E-state index in [-0.39, 0.29) is 27.9 Å². The SMILES string of the molecule is COc1ccc(C(O)=C2C(=O)C(=O)N(c3nnc(C(F)(F)F)s3)C2c2ccc(C(C)(C)C)cc2)cc1. The molecule has 188 valence electrons. The fourth-order valence-corrected chi connectivity index (χ4v) is 4.58. The van der Waals surface area contributed by atoms with E-state index in [4.69, 9.17) is 4.74 Å². The molecule has 1 aliphatic rings. The topological polar surface area (TPSA) is 92.6 Å². The normalized spacial score (nSPS) is 18.1. The van der Waals surface area contributed by atoms with E-state index in [9.17, 15) is 27.9 Å². The van der Waals surface area contributed by atoms with Gasteiger partial charge in [-0.2, -0.15) is 13.2 Å². The van der Waals surface area contributed by atoms with Crippen LogP contribution in [0.3, 0.4) is 0 Å². The summed E-state index contributed by atoms with van der Waals surface area (Å²) in [5.41, 5.74) is 1.16. The van der Waals surface area contributed by atoms with Crippen LogP contribution in [0.2, 0.25) is 0 Å². The molecule has 3 aromatic rings. The van der Waals surface area contributed by atoms with Crippen molar-refractivity contribution in [2.24, 2.45) is 0 Å². The predicted octanol–water partition coefficient (Wildman–Crippen LogP) is 5.49. The Balaban J connectivity index is 1.90. The standard InChI is InChI=1S/C25H22F3N3O4S/c1-24(2,3)15-9-5-13(6-10-15)18-17(19(32)14-7-11-16(35-4)12-8-14)20(33)21(34)31(18)23-30-29-22(36-23)25(26,27)28/h5-12,18,32H,1-4H3. The van der Waals surface area contributed by atoms with Crippen molar-refractivity contribution in [1.82, 2.24) is 10.2 Å². The van der Waals surface area contributed by atoms with Gasteiger partial charge in [-0.3, -0.25) is 14.5 Å². The quantitative estimate of drug-likeness (QED) is 0.280. The molecule has 1 fully saturated rings. The molecular weight excluding hydrogens is 495 g/mol. The zero-order valence-electron chi connectivity index (χ0n) is 19.8. The Morgan fingerprint density at radius 1 is 1.00 bits per heavy atom. The molecule has 2 heterocycles. The van der Waals surface area contributed by atoms with Gasteiger partial charge in [0.25, 0.3) is 5.78 Å². The Hall–Kier alpha value is -3.73. The number of anilines is 1. The molecule has 1 aromatic heterocycles. The third kappa shape index (κ3) is 4.58. The van der Waals surface area contributed by atoms with Crippen LogP contribution in [-0.2, 0) is 21.2 Å². The molecule has 0 saturated carbocycles. The Kier molecular flexibility index (Phi) is 6.38. The number of nitrogens with zero attached hydrogens (tertiary/aromatic N) is 3.